The normalized spacial score (nSPS) is 11.8. The Labute approximate surface area is 99.6 Å². The van der Waals surface area contributed by atoms with Gasteiger partial charge in [0.1, 0.15) is 5.82 Å². The van der Waals surface area contributed by atoms with E-state index < -0.39 is 17.6 Å². The third kappa shape index (κ3) is 2.35. The van der Waals surface area contributed by atoms with E-state index in [1.54, 1.807) is 0 Å². The van der Waals surface area contributed by atoms with Crippen LogP contribution >= 0.6 is 0 Å². The van der Waals surface area contributed by atoms with E-state index in [-0.39, 0.29) is 17.8 Å². The van der Waals surface area contributed by atoms with Gasteiger partial charge in [-0.15, -0.1) is 0 Å². The molecule has 2 rings (SSSR count). The van der Waals surface area contributed by atoms with Gasteiger partial charge in [0.05, 0.1) is 11.3 Å². The van der Waals surface area contributed by atoms with Gasteiger partial charge in [-0.1, -0.05) is 0 Å². The Morgan fingerprint density at radius 3 is 2.50 bits per heavy atom. The van der Waals surface area contributed by atoms with Crippen LogP contribution in [0.15, 0.2) is 24.3 Å². The standard InChI is InChI=1S/C11H9F4N3/c12-6-1-2-8(9(3-6)11(13,14)15)10-4-7(5-16)17-18-10/h1-4H,5,16H2,(H,17,18). The summed E-state index contributed by atoms with van der Waals surface area (Å²) >= 11 is 0. The zero-order valence-corrected chi connectivity index (χ0v) is 9.05. The fourth-order valence-electron chi connectivity index (χ4n) is 1.58. The highest BCUT2D eigenvalue weighted by molar-refractivity contribution is 5.64. The van der Waals surface area contributed by atoms with Crippen LogP contribution in [0.25, 0.3) is 11.3 Å². The summed E-state index contributed by atoms with van der Waals surface area (Å²) in [7, 11) is 0. The Balaban J connectivity index is 2.56. The third-order valence-corrected chi connectivity index (χ3v) is 2.41. The maximum atomic E-state index is 12.9. The second kappa shape index (κ2) is 4.41. The van der Waals surface area contributed by atoms with E-state index in [1.165, 1.54) is 6.07 Å². The summed E-state index contributed by atoms with van der Waals surface area (Å²) in [6, 6.07) is 3.87. The lowest BCUT2D eigenvalue weighted by atomic mass is 10.0. The molecule has 0 aliphatic carbocycles. The van der Waals surface area contributed by atoms with E-state index in [9.17, 15) is 17.6 Å². The largest absolute Gasteiger partial charge is 0.417 e. The molecule has 2 aromatic rings. The molecule has 1 heterocycles. The molecule has 0 atom stereocenters. The molecule has 1 aromatic carbocycles. The first-order chi connectivity index (χ1) is 8.41. The molecular weight excluding hydrogens is 250 g/mol. The maximum absolute atomic E-state index is 12.9. The van der Waals surface area contributed by atoms with Crippen molar-refractivity contribution in [1.29, 1.82) is 0 Å². The number of aromatic nitrogens is 2. The van der Waals surface area contributed by atoms with E-state index in [0.717, 1.165) is 12.1 Å². The van der Waals surface area contributed by atoms with Gasteiger partial charge in [0.2, 0.25) is 0 Å². The molecule has 0 saturated heterocycles. The van der Waals surface area contributed by atoms with Crippen LogP contribution in [-0.4, -0.2) is 10.2 Å². The Morgan fingerprint density at radius 2 is 1.94 bits per heavy atom. The summed E-state index contributed by atoms with van der Waals surface area (Å²) < 4.78 is 51.2. The van der Waals surface area contributed by atoms with Crippen molar-refractivity contribution < 1.29 is 17.6 Å². The van der Waals surface area contributed by atoms with Gasteiger partial charge in [-0.05, 0) is 24.3 Å². The lowest BCUT2D eigenvalue weighted by molar-refractivity contribution is -0.137. The van der Waals surface area contributed by atoms with E-state index in [4.69, 9.17) is 5.73 Å². The molecule has 0 aliphatic heterocycles. The summed E-state index contributed by atoms with van der Waals surface area (Å²) in [6.45, 7) is 0.134. The molecule has 3 N–H and O–H groups in total. The molecule has 0 amide bonds. The summed E-state index contributed by atoms with van der Waals surface area (Å²) in [6.07, 6.45) is -4.64. The van der Waals surface area contributed by atoms with Gasteiger partial charge in [-0.25, -0.2) is 4.39 Å². The van der Waals surface area contributed by atoms with Crippen molar-refractivity contribution in [2.45, 2.75) is 12.7 Å². The zero-order chi connectivity index (χ0) is 13.3. The molecular formula is C11H9F4N3. The van der Waals surface area contributed by atoms with Crippen LogP contribution in [0.5, 0.6) is 0 Å². The van der Waals surface area contributed by atoms with Crippen molar-refractivity contribution in [3.63, 3.8) is 0 Å². The van der Waals surface area contributed by atoms with Crippen LogP contribution < -0.4 is 5.73 Å². The van der Waals surface area contributed by atoms with Gasteiger partial charge in [-0.2, -0.15) is 18.3 Å². The molecule has 0 bridgehead atoms. The molecule has 18 heavy (non-hydrogen) atoms. The maximum Gasteiger partial charge on any atom is 0.417 e. The third-order valence-electron chi connectivity index (χ3n) is 2.41. The predicted molar refractivity (Wildman–Crippen MR) is 56.9 cm³/mol. The summed E-state index contributed by atoms with van der Waals surface area (Å²) in [5.74, 6) is -0.944. The second-order valence-corrected chi connectivity index (χ2v) is 3.67. The smallest absolute Gasteiger partial charge is 0.325 e. The average molecular weight is 259 g/mol. The number of rotatable bonds is 2. The van der Waals surface area contributed by atoms with Crippen LogP contribution in [0.4, 0.5) is 17.6 Å². The summed E-state index contributed by atoms with van der Waals surface area (Å²) in [4.78, 5) is 0. The minimum absolute atomic E-state index is 0.0859. The van der Waals surface area contributed by atoms with Crippen molar-refractivity contribution in [2.24, 2.45) is 5.73 Å². The second-order valence-electron chi connectivity index (χ2n) is 3.67. The van der Waals surface area contributed by atoms with Crippen molar-refractivity contribution in [3.05, 3.63) is 41.3 Å². The number of halogens is 4. The molecule has 0 saturated carbocycles. The highest BCUT2D eigenvalue weighted by Crippen LogP contribution is 2.36. The Hall–Kier alpha value is -1.89. The monoisotopic (exact) mass is 259 g/mol. The highest BCUT2D eigenvalue weighted by Gasteiger charge is 2.34. The van der Waals surface area contributed by atoms with Gasteiger partial charge in [-0.3, -0.25) is 5.10 Å². The molecule has 3 nitrogen and oxygen atoms in total. The number of nitrogens with one attached hydrogen (secondary N) is 1. The SMILES string of the molecule is NCc1cc(-c2ccc(F)cc2C(F)(F)F)n[nH]1. The van der Waals surface area contributed by atoms with Crippen LogP contribution in [0.2, 0.25) is 0 Å². The van der Waals surface area contributed by atoms with Crippen LogP contribution in [0.3, 0.4) is 0 Å². The number of nitrogens with zero attached hydrogens (tertiary/aromatic N) is 1. The fourth-order valence-corrected chi connectivity index (χ4v) is 1.58. The van der Waals surface area contributed by atoms with Gasteiger partial charge in [0.25, 0.3) is 0 Å². The Kier molecular flexibility index (Phi) is 3.08. The summed E-state index contributed by atoms with van der Waals surface area (Å²) in [5.41, 5.74) is 4.69. The molecule has 7 heteroatoms. The van der Waals surface area contributed by atoms with E-state index >= 15 is 0 Å². The van der Waals surface area contributed by atoms with Crippen molar-refractivity contribution in [3.8, 4) is 11.3 Å². The van der Waals surface area contributed by atoms with E-state index in [1.807, 2.05) is 0 Å². The molecule has 0 unspecified atom stereocenters. The van der Waals surface area contributed by atoms with Crippen LogP contribution in [0, 0.1) is 5.82 Å². The molecule has 0 fully saturated rings. The highest BCUT2D eigenvalue weighted by atomic mass is 19.4. The molecule has 0 radical (unpaired) electrons. The number of H-pyrrole nitrogens is 1. The Bertz CT molecular complexity index is 560. The molecule has 96 valence electrons. The van der Waals surface area contributed by atoms with Gasteiger partial charge in [0.15, 0.2) is 0 Å². The van der Waals surface area contributed by atoms with Gasteiger partial charge >= 0.3 is 6.18 Å². The Morgan fingerprint density at radius 1 is 1.22 bits per heavy atom. The first-order valence-corrected chi connectivity index (χ1v) is 5.03. The summed E-state index contributed by atoms with van der Waals surface area (Å²) in [5, 5.41) is 6.24. The van der Waals surface area contributed by atoms with Gasteiger partial charge < -0.3 is 5.73 Å². The first kappa shape index (κ1) is 12.6. The number of hydrogen-bond acceptors (Lipinski definition) is 2. The van der Waals surface area contributed by atoms with Crippen molar-refractivity contribution >= 4 is 0 Å². The minimum atomic E-state index is -4.64. The van der Waals surface area contributed by atoms with Crippen molar-refractivity contribution in [2.75, 3.05) is 0 Å². The lowest BCUT2D eigenvalue weighted by Crippen LogP contribution is -2.07. The molecule has 0 aliphatic rings. The minimum Gasteiger partial charge on any atom is -0.325 e. The van der Waals surface area contributed by atoms with Crippen molar-refractivity contribution in [1.82, 2.24) is 10.2 Å². The topological polar surface area (TPSA) is 54.7 Å². The van der Waals surface area contributed by atoms with Gasteiger partial charge in [0, 0.05) is 17.8 Å². The lowest BCUT2D eigenvalue weighted by Gasteiger charge is -2.11. The molecule has 0 spiro atoms. The molecule has 1 aromatic heterocycles. The number of aromatic amines is 1. The number of benzene rings is 1. The van der Waals surface area contributed by atoms with E-state index in [0.29, 0.717) is 11.8 Å². The zero-order valence-electron chi connectivity index (χ0n) is 9.05. The predicted octanol–water partition coefficient (Wildman–Crippen LogP) is 2.69. The number of nitrogens with two attached hydrogens (primary N) is 1. The fraction of sp³-hybridized carbons (Fsp3) is 0.182. The average Bonchev–Trinajstić information content (AvgIpc) is 2.76. The number of alkyl halides is 3. The first-order valence-electron chi connectivity index (χ1n) is 5.03. The van der Waals surface area contributed by atoms with E-state index in [2.05, 4.69) is 10.2 Å². The number of hydrogen-bond donors (Lipinski definition) is 2. The quantitative estimate of drug-likeness (QED) is 0.815. The van der Waals surface area contributed by atoms with Crippen LogP contribution in [-0.2, 0) is 12.7 Å². The van der Waals surface area contributed by atoms with Crippen LogP contribution in [0.1, 0.15) is 11.3 Å².